The first kappa shape index (κ1) is 14.2. The zero-order valence-corrected chi connectivity index (χ0v) is 9.95. The Hall–Kier alpha value is -2.90. The molecule has 0 saturated carbocycles. The van der Waals surface area contributed by atoms with E-state index in [2.05, 4.69) is 15.4 Å². The fourth-order valence-electron chi connectivity index (χ4n) is 1.11. The Morgan fingerprint density at radius 2 is 1.95 bits per heavy atom. The third kappa shape index (κ3) is 4.46. The number of carbonyl (C=O) groups is 2. The molecule has 1 aromatic rings. The van der Waals surface area contributed by atoms with Crippen LogP contribution in [0.25, 0.3) is 0 Å². The predicted molar refractivity (Wildman–Crippen MR) is 65.7 cm³/mol. The van der Waals surface area contributed by atoms with E-state index in [0.717, 1.165) is 7.11 Å². The standard InChI is InChI=1S/C11H11N3O5/c1-19-10(15)9(14(17)18)7-12-11(16)13-8-5-3-2-4-6-8/h2-7H,1H3,(H2,12,13,16). The van der Waals surface area contributed by atoms with Crippen LogP contribution in [0.15, 0.2) is 42.2 Å². The van der Waals surface area contributed by atoms with Crippen LogP contribution >= 0.6 is 0 Å². The number of hydrogen-bond acceptors (Lipinski definition) is 5. The van der Waals surface area contributed by atoms with Crippen molar-refractivity contribution in [2.24, 2.45) is 0 Å². The van der Waals surface area contributed by atoms with Gasteiger partial charge in [0.1, 0.15) is 0 Å². The minimum absolute atomic E-state index is 0.508. The lowest BCUT2D eigenvalue weighted by molar-refractivity contribution is -0.421. The van der Waals surface area contributed by atoms with E-state index in [1.165, 1.54) is 0 Å². The molecule has 8 nitrogen and oxygen atoms in total. The molecule has 0 spiro atoms. The molecular formula is C11H11N3O5. The van der Waals surface area contributed by atoms with Crippen LogP contribution in [0.2, 0.25) is 0 Å². The average Bonchev–Trinajstić information content (AvgIpc) is 2.39. The van der Waals surface area contributed by atoms with Crippen LogP contribution in [0.4, 0.5) is 10.5 Å². The number of ether oxygens (including phenoxy) is 1. The SMILES string of the molecule is COC(=O)C(=CNC(=O)Nc1ccccc1)[N+](=O)[O-]. The first-order chi connectivity index (χ1) is 9.04. The average molecular weight is 265 g/mol. The van der Waals surface area contributed by atoms with E-state index in [-0.39, 0.29) is 0 Å². The van der Waals surface area contributed by atoms with Gasteiger partial charge in [-0.3, -0.25) is 10.1 Å². The van der Waals surface area contributed by atoms with Gasteiger partial charge in [-0.05, 0) is 12.1 Å². The highest BCUT2D eigenvalue weighted by molar-refractivity contribution is 5.91. The number of para-hydroxylation sites is 1. The van der Waals surface area contributed by atoms with Crippen molar-refractivity contribution in [2.75, 3.05) is 12.4 Å². The Kier molecular flexibility index (Phi) is 5.03. The maximum atomic E-state index is 11.4. The summed E-state index contributed by atoms with van der Waals surface area (Å²) in [6.45, 7) is 0. The van der Waals surface area contributed by atoms with Gasteiger partial charge in [0.05, 0.1) is 18.2 Å². The highest BCUT2D eigenvalue weighted by Crippen LogP contribution is 2.04. The van der Waals surface area contributed by atoms with Crippen LogP contribution in [0.5, 0.6) is 0 Å². The molecule has 0 aliphatic heterocycles. The molecule has 8 heteroatoms. The van der Waals surface area contributed by atoms with Gasteiger partial charge in [-0.2, -0.15) is 0 Å². The molecule has 1 rings (SSSR count). The van der Waals surface area contributed by atoms with Gasteiger partial charge in [0.15, 0.2) is 0 Å². The number of nitrogens with one attached hydrogen (secondary N) is 2. The van der Waals surface area contributed by atoms with Gasteiger partial charge in [-0.1, -0.05) is 18.2 Å². The molecule has 0 aliphatic rings. The van der Waals surface area contributed by atoms with Crippen LogP contribution < -0.4 is 10.6 Å². The largest absolute Gasteiger partial charge is 0.461 e. The third-order valence-electron chi connectivity index (χ3n) is 1.96. The zero-order chi connectivity index (χ0) is 14.3. The molecule has 0 bridgehead atoms. The van der Waals surface area contributed by atoms with E-state index < -0.39 is 22.6 Å². The van der Waals surface area contributed by atoms with Crippen LogP contribution in [-0.4, -0.2) is 24.0 Å². The second-order valence-corrected chi connectivity index (χ2v) is 3.24. The number of carbonyl (C=O) groups excluding carboxylic acids is 2. The summed E-state index contributed by atoms with van der Waals surface area (Å²) >= 11 is 0. The second-order valence-electron chi connectivity index (χ2n) is 3.24. The number of hydrogen-bond donors (Lipinski definition) is 2. The number of methoxy groups -OCH3 is 1. The number of benzene rings is 1. The lowest BCUT2D eigenvalue weighted by Gasteiger charge is -2.03. The molecule has 0 radical (unpaired) electrons. The smallest absolute Gasteiger partial charge is 0.411 e. The monoisotopic (exact) mass is 265 g/mol. The van der Waals surface area contributed by atoms with Gasteiger partial charge in [0.2, 0.25) is 0 Å². The van der Waals surface area contributed by atoms with Crippen molar-refractivity contribution in [3.05, 3.63) is 52.3 Å². The van der Waals surface area contributed by atoms with Crippen molar-refractivity contribution in [3.8, 4) is 0 Å². The Labute approximate surface area is 108 Å². The summed E-state index contributed by atoms with van der Waals surface area (Å²) in [6, 6.07) is 7.75. The number of rotatable bonds is 4. The van der Waals surface area contributed by atoms with E-state index in [4.69, 9.17) is 0 Å². The lowest BCUT2D eigenvalue weighted by Crippen LogP contribution is -2.26. The Bertz CT molecular complexity index is 512. The molecular weight excluding hydrogens is 254 g/mol. The second kappa shape index (κ2) is 6.74. The van der Waals surface area contributed by atoms with E-state index in [9.17, 15) is 19.7 Å². The molecule has 0 aliphatic carbocycles. The topological polar surface area (TPSA) is 111 Å². The molecule has 0 unspecified atom stereocenters. The van der Waals surface area contributed by atoms with Crippen molar-refractivity contribution < 1.29 is 19.2 Å². The summed E-state index contributed by atoms with van der Waals surface area (Å²) in [7, 11) is 1.00. The fourth-order valence-corrected chi connectivity index (χ4v) is 1.11. The number of urea groups is 1. The summed E-state index contributed by atoms with van der Waals surface area (Å²) in [4.78, 5) is 32.0. The fraction of sp³-hybridized carbons (Fsp3) is 0.0909. The van der Waals surface area contributed by atoms with Gasteiger partial charge in [0.25, 0.3) is 0 Å². The predicted octanol–water partition coefficient (Wildman–Crippen LogP) is 1.10. The highest BCUT2D eigenvalue weighted by atomic mass is 16.6. The van der Waals surface area contributed by atoms with Gasteiger partial charge in [-0.15, -0.1) is 0 Å². The summed E-state index contributed by atoms with van der Waals surface area (Å²) < 4.78 is 4.20. The van der Waals surface area contributed by atoms with Crippen LogP contribution in [-0.2, 0) is 9.53 Å². The molecule has 1 aromatic carbocycles. The van der Waals surface area contributed by atoms with Crippen LogP contribution in [0.3, 0.4) is 0 Å². The van der Waals surface area contributed by atoms with E-state index in [1.807, 2.05) is 0 Å². The van der Waals surface area contributed by atoms with Gasteiger partial charge < -0.3 is 15.4 Å². The molecule has 0 fully saturated rings. The summed E-state index contributed by atoms with van der Waals surface area (Å²) in [5.74, 6) is -1.15. The molecule has 19 heavy (non-hydrogen) atoms. The lowest BCUT2D eigenvalue weighted by atomic mass is 10.3. The third-order valence-corrected chi connectivity index (χ3v) is 1.96. The normalized spacial score (nSPS) is 10.5. The molecule has 0 saturated heterocycles. The first-order valence-electron chi connectivity index (χ1n) is 5.10. The van der Waals surface area contributed by atoms with E-state index in [1.54, 1.807) is 30.3 Å². The van der Waals surface area contributed by atoms with Gasteiger partial charge >= 0.3 is 17.7 Å². The van der Waals surface area contributed by atoms with E-state index >= 15 is 0 Å². The molecule has 0 atom stereocenters. The Morgan fingerprint density at radius 1 is 1.32 bits per heavy atom. The Morgan fingerprint density at radius 3 is 2.47 bits per heavy atom. The quantitative estimate of drug-likeness (QED) is 0.366. The maximum Gasteiger partial charge on any atom is 0.411 e. The minimum atomic E-state index is -1.15. The number of esters is 1. The first-order valence-corrected chi connectivity index (χ1v) is 5.10. The maximum absolute atomic E-state index is 11.4. The van der Waals surface area contributed by atoms with Crippen molar-refractivity contribution in [1.29, 1.82) is 0 Å². The summed E-state index contributed by atoms with van der Waals surface area (Å²) in [6.07, 6.45) is 0.671. The van der Waals surface area contributed by atoms with Crippen molar-refractivity contribution in [3.63, 3.8) is 0 Å². The summed E-state index contributed by atoms with van der Waals surface area (Å²) in [5, 5.41) is 15.0. The number of amides is 2. The number of nitrogens with zero attached hydrogens (tertiary/aromatic N) is 1. The van der Waals surface area contributed by atoms with Gasteiger partial charge in [-0.25, -0.2) is 9.59 Å². The van der Waals surface area contributed by atoms with Crippen molar-refractivity contribution >= 4 is 17.7 Å². The molecule has 2 N–H and O–H groups in total. The molecule has 2 amide bonds. The van der Waals surface area contributed by atoms with Crippen LogP contribution in [0, 0.1) is 10.1 Å². The highest BCUT2D eigenvalue weighted by Gasteiger charge is 2.22. The number of nitro groups is 1. The minimum Gasteiger partial charge on any atom is -0.461 e. The van der Waals surface area contributed by atoms with Crippen molar-refractivity contribution in [1.82, 2.24) is 5.32 Å². The van der Waals surface area contributed by atoms with Crippen LogP contribution in [0.1, 0.15) is 0 Å². The number of anilines is 1. The van der Waals surface area contributed by atoms with Crippen molar-refractivity contribution in [2.45, 2.75) is 0 Å². The molecule has 0 aromatic heterocycles. The Balaban J connectivity index is 2.66. The molecule has 100 valence electrons. The van der Waals surface area contributed by atoms with E-state index in [0.29, 0.717) is 11.9 Å². The summed E-state index contributed by atoms with van der Waals surface area (Å²) in [5.41, 5.74) is -0.361. The van der Waals surface area contributed by atoms with Gasteiger partial charge in [0, 0.05) is 5.69 Å². The zero-order valence-electron chi connectivity index (χ0n) is 9.95. The molecule has 0 heterocycles.